The van der Waals surface area contributed by atoms with E-state index >= 15 is 0 Å². The molecule has 0 radical (unpaired) electrons. The van der Waals surface area contributed by atoms with E-state index in [0.717, 1.165) is 34.6 Å². The number of thiazole rings is 1. The van der Waals surface area contributed by atoms with Crippen molar-refractivity contribution in [1.29, 1.82) is 0 Å². The highest BCUT2D eigenvalue weighted by Crippen LogP contribution is 2.28. The normalized spacial score (nSPS) is 13.9. The summed E-state index contributed by atoms with van der Waals surface area (Å²) in [6, 6.07) is 13.8. The van der Waals surface area contributed by atoms with E-state index in [-0.39, 0.29) is 5.91 Å². The van der Waals surface area contributed by atoms with Crippen molar-refractivity contribution in [2.45, 2.75) is 13.0 Å². The predicted molar refractivity (Wildman–Crippen MR) is 115 cm³/mol. The van der Waals surface area contributed by atoms with Gasteiger partial charge >= 0.3 is 0 Å². The van der Waals surface area contributed by atoms with Crippen LogP contribution in [-0.4, -0.2) is 29.4 Å². The monoisotopic (exact) mass is 390 g/mol. The molecule has 0 unspecified atom stereocenters. The van der Waals surface area contributed by atoms with Gasteiger partial charge in [-0.2, -0.15) is 0 Å². The summed E-state index contributed by atoms with van der Waals surface area (Å²) in [6.45, 7) is 5.36. The van der Waals surface area contributed by atoms with Crippen LogP contribution in [0.1, 0.15) is 21.5 Å². The van der Waals surface area contributed by atoms with Crippen LogP contribution in [0.5, 0.6) is 0 Å². The number of carbonyl (C=O) groups excluding carboxylic acids is 1. The van der Waals surface area contributed by atoms with Crippen LogP contribution in [0.25, 0.3) is 10.2 Å². The Bertz CT molecular complexity index is 1040. The first-order chi connectivity index (χ1) is 13.7. The fraction of sp³-hybridized carbons (Fsp3) is 0.182. The lowest BCUT2D eigenvalue weighted by Crippen LogP contribution is -2.35. The van der Waals surface area contributed by atoms with Gasteiger partial charge in [0.2, 0.25) is 0 Å². The number of allylic oxidation sites excluding steroid dienone is 2. The summed E-state index contributed by atoms with van der Waals surface area (Å²) < 4.78 is 1.06. The molecule has 0 saturated carbocycles. The van der Waals surface area contributed by atoms with Crippen LogP contribution in [0.2, 0.25) is 0 Å². The van der Waals surface area contributed by atoms with Crippen molar-refractivity contribution in [2.24, 2.45) is 0 Å². The molecule has 2 N–H and O–H groups in total. The number of carbonyl (C=O) groups is 1. The molecule has 0 fully saturated rings. The second-order valence-corrected chi connectivity index (χ2v) is 7.62. The summed E-state index contributed by atoms with van der Waals surface area (Å²) in [5.74, 6) is 0.887. The van der Waals surface area contributed by atoms with E-state index < -0.39 is 0 Å². The van der Waals surface area contributed by atoms with Gasteiger partial charge < -0.3 is 10.2 Å². The van der Waals surface area contributed by atoms with Crippen molar-refractivity contribution in [2.75, 3.05) is 18.9 Å². The Hall–Kier alpha value is -3.12. The maximum atomic E-state index is 13.0. The van der Waals surface area contributed by atoms with Crippen LogP contribution >= 0.6 is 11.3 Å². The Labute approximate surface area is 168 Å². The Morgan fingerprint density at radius 3 is 2.89 bits per heavy atom. The third-order valence-electron chi connectivity index (χ3n) is 4.90. The molecule has 3 aromatic rings. The van der Waals surface area contributed by atoms with E-state index in [4.69, 9.17) is 0 Å². The zero-order valence-corrected chi connectivity index (χ0v) is 16.6. The molecule has 2 aromatic carbocycles. The molecule has 1 aromatic heterocycles. The van der Waals surface area contributed by atoms with Gasteiger partial charge in [0, 0.05) is 25.7 Å². The van der Waals surface area contributed by atoms with E-state index in [1.807, 2.05) is 49.5 Å². The van der Waals surface area contributed by atoms with Crippen LogP contribution in [0.3, 0.4) is 0 Å². The number of fused-ring (bicyclic) bond motifs is 2. The average Bonchev–Trinajstić information content (AvgIpc) is 3.13. The summed E-state index contributed by atoms with van der Waals surface area (Å²) in [7, 11) is 1.90. The van der Waals surface area contributed by atoms with Crippen LogP contribution < -0.4 is 10.6 Å². The van der Waals surface area contributed by atoms with Crippen molar-refractivity contribution in [3.8, 4) is 0 Å². The Morgan fingerprint density at radius 1 is 1.25 bits per heavy atom. The molecular formula is C22H22N4OS. The van der Waals surface area contributed by atoms with Crippen molar-refractivity contribution in [1.82, 2.24) is 15.2 Å². The van der Waals surface area contributed by atoms with E-state index in [2.05, 4.69) is 33.2 Å². The lowest BCUT2D eigenvalue weighted by Gasteiger charge is -2.33. The number of hydrogen-bond acceptors (Lipinski definition) is 5. The fourth-order valence-electron chi connectivity index (χ4n) is 3.55. The zero-order valence-electron chi connectivity index (χ0n) is 15.7. The van der Waals surface area contributed by atoms with Crippen LogP contribution in [0, 0.1) is 0 Å². The quantitative estimate of drug-likeness (QED) is 0.643. The molecule has 1 aliphatic heterocycles. The number of hydrogen-bond donors (Lipinski definition) is 2. The molecular weight excluding hydrogens is 368 g/mol. The lowest BCUT2D eigenvalue weighted by atomic mass is 9.94. The Morgan fingerprint density at radius 2 is 2.11 bits per heavy atom. The molecule has 0 aliphatic carbocycles. The smallest absolute Gasteiger partial charge is 0.257 e. The minimum Gasteiger partial charge on any atom is -0.375 e. The van der Waals surface area contributed by atoms with Gasteiger partial charge in [-0.1, -0.05) is 48.3 Å². The van der Waals surface area contributed by atoms with Crippen LogP contribution in [0.4, 0.5) is 5.13 Å². The number of aromatic nitrogens is 1. The summed E-state index contributed by atoms with van der Waals surface area (Å²) in [5.41, 5.74) is 3.90. The first-order valence-electron chi connectivity index (χ1n) is 9.22. The lowest BCUT2D eigenvalue weighted by molar-refractivity contribution is 0.102. The van der Waals surface area contributed by atoms with Crippen molar-refractivity contribution >= 4 is 32.6 Å². The molecule has 0 atom stereocenters. The third-order valence-corrected chi connectivity index (χ3v) is 5.86. The molecule has 6 heteroatoms. The minimum absolute atomic E-state index is 0.114. The van der Waals surface area contributed by atoms with Gasteiger partial charge in [0.15, 0.2) is 5.13 Å². The van der Waals surface area contributed by atoms with Crippen LogP contribution in [-0.2, 0) is 13.0 Å². The highest BCUT2D eigenvalue weighted by molar-refractivity contribution is 7.22. The third kappa shape index (κ3) is 3.51. The summed E-state index contributed by atoms with van der Waals surface area (Å²) in [6.07, 6.45) is 4.62. The fourth-order valence-corrected chi connectivity index (χ4v) is 4.41. The number of nitrogens with zero attached hydrogens (tertiary/aromatic N) is 2. The van der Waals surface area contributed by atoms with E-state index in [9.17, 15) is 4.79 Å². The van der Waals surface area contributed by atoms with Crippen molar-refractivity contribution in [3.05, 3.63) is 83.7 Å². The van der Waals surface area contributed by atoms with Gasteiger partial charge in [-0.3, -0.25) is 10.1 Å². The van der Waals surface area contributed by atoms with Crippen LogP contribution in [0.15, 0.2) is 67.0 Å². The highest BCUT2D eigenvalue weighted by Gasteiger charge is 2.23. The molecule has 2 heterocycles. The largest absolute Gasteiger partial charge is 0.375 e. The number of amides is 1. The van der Waals surface area contributed by atoms with Crippen molar-refractivity contribution in [3.63, 3.8) is 0 Å². The van der Waals surface area contributed by atoms with Gasteiger partial charge in [-0.05, 0) is 41.8 Å². The molecule has 5 nitrogen and oxygen atoms in total. The van der Waals surface area contributed by atoms with E-state index in [0.29, 0.717) is 17.2 Å². The van der Waals surface area contributed by atoms with E-state index in [1.54, 1.807) is 6.08 Å². The summed E-state index contributed by atoms with van der Waals surface area (Å²) in [4.78, 5) is 19.8. The minimum atomic E-state index is -0.114. The second-order valence-electron chi connectivity index (χ2n) is 6.59. The van der Waals surface area contributed by atoms with E-state index in [1.165, 1.54) is 16.9 Å². The Balaban J connectivity index is 1.61. The molecule has 0 bridgehead atoms. The number of para-hydroxylation sites is 1. The standard InChI is InChI=1S/C22H22N4OS/c1-3-7-20(23-2)26-13-12-15-8-6-9-16(17(15)14-26)21(27)25-22-24-18-10-4-5-11-19(18)28-22/h3-11,23H,1,12-14H2,2H3,(H,24,25,27)/b20-7+. The van der Waals surface area contributed by atoms with Crippen molar-refractivity contribution < 1.29 is 4.79 Å². The number of nitrogens with one attached hydrogen (secondary N) is 2. The number of anilines is 1. The van der Waals surface area contributed by atoms with Gasteiger partial charge in [-0.25, -0.2) is 4.98 Å². The predicted octanol–water partition coefficient (Wildman–Crippen LogP) is 4.15. The summed E-state index contributed by atoms with van der Waals surface area (Å²) >= 11 is 1.49. The zero-order chi connectivity index (χ0) is 19.5. The number of benzene rings is 2. The SMILES string of the molecule is C=C/C=C(\NC)N1CCc2cccc(C(=O)Nc3nc4ccccc4s3)c2C1. The van der Waals surface area contributed by atoms with Gasteiger partial charge in [-0.15, -0.1) is 0 Å². The molecule has 142 valence electrons. The molecule has 4 rings (SSSR count). The molecule has 0 spiro atoms. The first-order valence-corrected chi connectivity index (χ1v) is 10.0. The van der Waals surface area contributed by atoms with Gasteiger partial charge in [0.05, 0.1) is 10.2 Å². The topological polar surface area (TPSA) is 57.3 Å². The average molecular weight is 391 g/mol. The molecule has 1 aliphatic rings. The van der Waals surface area contributed by atoms with Gasteiger partial charge in [0.1, 0.15) is 5.82 Å². The highest BCUT2D eigenvalue weighted by atomic mass is 32.1. The second kappa shape index (κ2) is 7.86. The maximum Gasteiger partial charge on any atom is 0.257 e. The summed E-state index contributed by atoms with van der Waals surface area (Å²) in [5, 5.41) is 6.82. The first kappa shape index (κ1) is 18.3. The maximum absolute atomic E-state index is 13.0. The molecule has 0 saturated heterocycles. The Kier molecular flexibility index (Phi) is 5.12. The molecule has 28 heavy (non-hydrogen) atoms. The van der Waals surface area contributed by atoms with Gasteiger partial charge in [0.25, 0.3) is 5.91 Å². The number of rotatable bonds is 5. The molecule has 1 amide bonds.